The summed E-state index contributed by atoms with van der Waals surface area (Å²) in [7, 11) is 3.60. The minimum atomic E-state index is -0.615. The van der Waals surface area contributed by atoms with Crippen LogP contribution in [0.15, 0.2) is 48.5 Å². The second kappa shape index (κ2) is 12.2. The third-order valence-corrected chi connectivity index (χ3v) is 6.04. The number of aliphatic hydroxyl groups is 2. The molecule has 0 heterocycles. The Bertz CT molecular complexity index is 809. The Labute approximate surface area is 192 Å². The van der Waals surface area contributed by atoms with Gasteiger partial charge in [-0.2, -0.15) is 0 Å². The molecule has 0 radical (unpaired) electrons. The third kappa shape index (κ3) is 7.78. The van der Waals surface area contributed by atoms with Crippen LogP contribution in [0.25, 0.3) is 0 Å². The van der Waals surface area contributed by atoms with Crippen molar-refractivity contribution in [3.05, 3.63) is 59.7 Å². The van der Waals surface area contributed by atoms with E-state index in [1.54, 1.807) is 7.11 Å². The predicted molar refractivity (Wildman–Crippen MR) is 127 cm³/mol. The van der Waals surface area contributed by atoms with Crippen molar-refractivity contribution in [3.8, 4) is 11.5 Å². The van der Waals surface area contributed by atoms with Gasteiger partial charge in [-0.05, 0) is 43.1 Å². The number of hydrogen-bond donors (Lipinski definition) is 3. The maximum absolute atomic E-state index is 10.7. The highest BCUT2D eigenvalue weighted by Gasteiger charge is 2.28. The molecule has 0 amide bonds. The van der Waals surface area contributed by atoms with E-state index in [2.05, 4.69) is 22.3 Å². The number of nitrogens with one attached hydrogen (secondary N) is 1. The summed E-state index contributed by atoms with van der Waals surface area (Å²) < 4.78 is 11.3. The fraction of sp³-hybridized carbons (Fsp3) is 0.538. The quantitative estimate of drug-likeness (QED) is 0.468. The minimum absolute atomic E-state index is 0.187. The van der Waals surface area contributed by atoms with E-state index >= 15 is 0 Å². The molecule has 3 N–H and O–H groups in total. The highest BCUT2D eigenvalue weighted by atomic mass is 16.5. The van der Waals surface area contributed by atoms with Gasteiger partial charge in [-0.25, -0.2) is 0 Å². The van der Waals surface area contributed by atoms with Gasteiger partial charge in [-0.1, -0.05) is 55.7 Å². The van der Waals surface area contributed by atoms with Crippen LogP contribution in [0.5, 0.6) is 11.5 Å². The number of methoxy groups -OCH3 is 1. The van der Waals surface area contributed by atoms with E-state index in [1.165, 1.54) is 12.0 Å². The van der Waals surface area contributed by atoms with Gasteiger partial charge < -0.3 is 25.0 Å². The summed E-state index contributed by atoms with van der Waals surface area (Å²) in [4.78, 5) is 2.08. The summed E-state index contributed by atoms with van der Waals surface area (Å²) in [6.45, 7) is 2.71. The van der Waals surface area contributed by atoms with Crippen LogP contribution in [0.2, 0.25) is 0 Å². The van der Waals surface area contributed by atoms with Crippen LogP contribution in [0.4, 0.5) is 0 Å². The normalized spacial score (nSPS) is 16.7. The van der Waals surface area contributed by atoms with Gasteiger partial charge >= 0.3 is 0 Å². The SMILES string of the molecule is COc1ccc(CNCC2(O)CCCCC2)cc1OCC(O)CN(C)Cc1ccccc1. The maximum Gasteiger partial charge on any atom is 0.161 e. The van der Waals surface area contributed by atoms with Gasteiger partial charge in [-0.15, -0.1) is 0 Å². The first-order valence-electron chi connectivity index (χ1n) is 11.6. The largest absolute Gasteiger partial charge is 0.493 e. The van der Waals surface area contributed by atoms with Crippen LogP contribution in [-0.4, -0.2) is 60.7 Å². The molecule has 3 rings (SSSR count). The molecule has 176 valence electrons. The number of rotatable bonds is 12. The molecule has 1 atom stereocenters. The third-order valence-electron chi connectivity index (χ3n) is 6.04. The maximum atomic E-state index is 10.7. The van der Waals surface area contributed by atoms with E-state index in [9.17, 15) is 10.2 Å². The molecule has 6 heteroatoms. The number of ether oxygens (including phenoxy) is 2. The van der Waals surface area contributed by atoms with Gasteiger partial charge in [0.1, 0.15) is 12.7 Å². The number of nitrogens with zero attached hydrogens (tertiary/aromatic N) is 1. The molecule has 6 nitrogen and oxygen atoms in total. The summed E-state index contributed by atoms with van der Waals surface area (Å²) in [5.41, 5.74) is 1.68. The zero-order valence-electron chi connectivity index (χ0n) is 19.4. The van der Waals surface area contributed by atoms with Gasteiger partial charge in [-0.3, -0.25) is 4.90 Å². The fourth-order valence-corrected chi connectivity index (χ4v) is 4.33. The molecule has 0 aromatic heterocycles. The smallest absolute Gasteiger partial charge is 0.161 e. The Morgan fingerprint density at radius 1 is 1.03 bits per heavy atom. The Kier molecular flexibility index (Phi) is 9.36. The summed E-state index contributed by atoms with van der Waals surface area (Å²) in [5.74, 6) is 1.26. The van der Waals surface area contributed by atoms with Crippen LogP contribution in [0, 0.1) is 0 Å². The summed E-state index contributed by atoms with van der Waals surface area (Å²) in [6, 6.07) is 16.0. The number of benzene rings is 2. The van der Waals surface area contributed by atoms with Crippen molar-refractivity contribution in [3.63, 3.8) is 0 Å². The number of hydrogen-bond acceptors (Lipinski definition) is 6. The van der Waals surface area contributed by atoms with Crippen molar-refractivity contribution in [2.24, 2.45) is 0 Å². The lowest BCUT2D eigenvalue weighted by Gasteiger charge is -2.32. The number of aliphatic hydroxyl groups excluding tert-OH is 1. The monoisotopic (exact) mass is 442 g/mol. The van der Waals surface area contributed by atoms with E-state index in [1.807, 2.05) is 43.4 Å². The van der Waals surface area contributed by atoms with Crippen LogP contribution >= 0.6 is 0 Å². The van der Waals surface area contributed by atoms with E-state index in [0.29, 0.717) is 31.1 Å². The molecular formula is C26H38N2O4. The minimum Gasteiger partial charge on any atom is -0.493 e. The van der Waals surface area contributed by atoms with Crippen molar-refractivity contribution < 1.29 is 19.7 Å². The first kappa shape index (κ1) is 24.5. The van der Waals surface area contributed by atoms with Crippen LogP contribution in [-0.2, 0) is 13.1 Å². The lowest BCUT2D eigenvalue weighted by molar-refractivity contribution is 0.00467. The molecular weight excluding hydrogens is 404 g/mol. The fourth-order valence-electron chi connectivity index (χ4n) is 4.33. The molecule has 1 fully saturated rings. The van der Waals surface area contributed by atoms with E-state index < -0.39 is 11.7 Å². The zero-order valence-corrected chi connectivity index (χ0v) is 19.4. The van der Waals surface area contributed by atoms with Crippen LogP contribution in [0.1, 0.15) is 43.2 Å². The first-order chi connectivity index (χ1) is 15.5. The summed E-state index contributed by atoms with van der Waals surface area (Å²) in [5, 5.41) is 24.5. The lowest BCUT2D eigenvalue weighted by atomic mass is 9.85. The molecule has 1 unspecified atom stereocenters. The standard InChI is InChI=1S/C26H38N2O4/c1-28(17-21-9-5-3-6-10-21)18-23(29)19-32-25-15-22(11-12-24(25)31-2)16-27-20-26(30)13-7-4-8-14-26/h3,5-6,9-12,15,23,27,29-30H,4,7-8,13-14,16-20H2,1-2H3. The first-order valence-corrected chi connectivity index (χ1v) is 11.6. The molecule has 2 aromatic rings. The lowest BCUT2D eigenvalue weighted by Crippen LogP contribution is -2.41. The molecule has 0 spiro atoms. The van der Waals surface area contributed by atoms with Crippen LogP contribution < -0.4 is 14.8 Å². The predicted octanol–water partition coefficient (Wildman–Crippen LogP) is 3.35. The van der Waals surface area contributed by atoms with E-state index in [4.69, 9.17) is 9.47 Å². The Hall–Kier alpha value is -2.12. The zero-order chi connectivity index (χ0) is 22.8. The highest BCUT2D eigenvalue weighted by molar-refractivity contribution is 5.43. The molecule has 0 saturated heterocycles. The Balaban J connectivity index is 1.48. The molecule has 0 aliphatic heterocycles. The average Bonchev–Trinajstić information content (AvgIpc) is 2.79. The Morgan fingerprint density at radius 2 is 1.78 bits per heavy atom. The molecule has 0 bridgehead atoms. The molecule has 1 aliphatic rings. The molecule has 32 heavy (non-hydrogen) atoms. The highest BCUT2D eigenvalue weighted by Crippen LogP contribution is 2.29. The molecule has 1 aliphatic carbocycles. The Morgan fingerprint density at radius 3 is 2.50 bits per heavy atom. The second-order valence-electron chi connectivity index (χ2n) is 9.02. The van der Waals surface area contributed by atoms with Crippen molar-refractivity contribution in [2.45, 2.75) is 56.9 Å². The molecule has 1 saturated carbocycles. The van der Waals surface area contributed by atoms with Crippen molar-refractivity contribution >= 4 is 0 Å². The van der Waals surface area contributed by atoms with Gasteiger partial charge in [0, 0.05) is 26.2 Å². The summed E-state index contributed by atoms with van der Waals surface area (Å²) >= 11 is 0. The van der Waals surface area contributed by atoms with Crippen molar-refractivity contribution in [1.82, 2.24) is 10.2 Å². The van der Waals surface area contributed by atoms with E-state index in [-0.39, 0.29) is 6.61 Å². The number of likely N-dealkylation sites (N-methyl/N-ethyl adjacent to an activating group) is 1. The topological polar surface area (TPSA) is 74.2 Å². The second-order valence-corrected chi connectivity index (χ2v) is 9.02. The van der Waals surface area contributed by atoms with E-state index in [0.717, 1.165) is 37.8 Å². The van der Waals surface area contributed by atoms with Gasteiger partial charge in [0.2, 0.25) is 0 Å². The van der Waals surface area contributed by atoms with Gasteiger partial charge in [0.15, 0.2) is 11.5 Å². The molecule has 2 aromatic carbocycles. The van der Waals surface area contributed by atoms with Gasteiger partial charge in [0.05, 0.1) is 12.7 Å². The summed E-state index contributed by atoms with van der Waals surface area (Å²) in [6.07, 6.45) is 4.54. The van der Waals surface area contributed by atoms with Gasteiger partial charge in [0.25, 0.3) is 0 Å². The average molecular weight is 443 g/mol. The van der Waals surface area contributed by atoms with Crippen molar-refractivity contribution in [2.75, 3.05) is 33.9 Å². The van der Waals surface area contributed by atoms with Crippen LogP contribution in [0.3, 0.4) is 0 Å². The van der Waals surface area contributed by atoms with Crippen molar-refractivity contribution in [1.29, 1.82) is 0 Å².